The molecule has 2 aromatic rings. The average Bonchev–Trinajstić information content (AvgIpc) is 3.41. The molecule has 1 aliphatic heterocycles. The van der Waals surface area contributed by atoms with Crippen LogP contribution in [-0.2, 0) is 21.9 Å². The van der Waals surface area contributed by atoms with Crippen molar-refractivity contribution in [3.63, 3.8) is 0 Å². The minimum atomic E-state index is -1.43. The lowest BCUT2D eigenvalue weighted by Crippen LogP contribution is -2.36. The molecule has 0 aliphatic carbocycles. The summed E-state index contributed by atoms with van der Waals surface area (Å²) in [5.74, 6) is 0.756. The Morgan fingerprint density at radius 3 is 2.79 bits per heavy atom. The first-order valence-corrected chi connectivity index (χ1v) is 13.2. The van der Waals surface area contributed by atoms with E-state index in [0.29, 0.717) is 19.4 Å². The fraction of sp³-hybridized carbons (Fsp3) is 0.650. The van der Waals surface area contributed by atoms with Crippen molar-refractivity contribution < 1.29 is 21.9 Å². The molecule has 14 heteroatoms. The predicted molar refractivity (Wildman–Crippen MR) is 139 cm³/mol. The van der Waals surface area contributed by atoms with Gasteiger partial charge in [0.2, 0.25) is 7.98 Å². The Morgan fingerprint density at radius 1 is 1.38 bits per heavy atom. The van der Waals surface area contributed by atoms with Gasteiger partial charge in [0.25, 0.3) is 8.53 Å². The van der Waals surface area contributed by atoms with Crippen LogP contribution in [0.1, 0.15) is 46.8 Å². The Bertz CT molecular complexity index is 955. The quantitative estimate of drug-likeness (QED) is 0.0908. The summed E-state index contributed by atoms with van der Waals surface area (Å²) in [6.45, 7) is 8.93. The van der Waals surface area contributed by atoms with E-state index in [0.717, 1.165) is 16.9 Å². The number of ether oxygens (including phenoxy) is 1. The summed E-state index contributed by atoms with van der Waals surface area (Å²) in [5.41, 5.74) is 0.772. The monoisotopic (exact) mass is 604 g/mol. The number of hydrogen-bond acceptors (Lipinski definition) is 10. The van der Waals surface area contributed by atoms with Gasteiger partial charge in [-0.3, -0.25) is 0 Å². The van der Waals surface area contributed by atoms with Crippen LogP contribution in [0, 0.1) is 11.3 Å². The maximum Gasteiger partial charge on any atom is 0.259 e. The van der Waals surface area contributed by atoms with Crippen molar-refractivity contribution in [1.82, 2.24) is 19.2 Å². The van der Waals surface area contributed by atoms with Crippen molar-refractivity contribution in [2.75, 3.05) is 18.4 Å². The standard InChI is InChI=1S/C20H31BIN6O5P/c1-13(2)28(14(3)4)34(30-9-5-7-23)32-16-10-18(31-17(16)11-29-33-22)27-8-6-15-19(26-21)24-12-25-20(15)27/h6,8,12-14,16-18H,5,9-11,21H2,1-4H3,(H,24,25,26)/t16-,17?,18-,34?/m1/s1. The first-order valence-electron chi connectivity index (χ1n) is 11.2. The summed E-state index contributed by atoms with van der Waals surface area (Å²) in [4.78, 5) is 14.0. The summed E-state index contributed by atoms with van der Waals surface area (Å²) < 4.78 is 28.0. The van der Waals surface area contributed by atoms with Crippen LogP contribution in [0.5, 0.6) is 0 Å². The number of aromatic nitrogens is 3. The maximum atomic E-state index is 8.98. The lowest BCUT2D eigenvalue weighted by molar-refractivity contribution is -0.200. The third-order valence-electron chi connectivity index (χ3n) is 5.40. The molecule has 0 aromatic carbocycles. The smallest absolute Gasteiger partial charge is 0.259 e. The molecule has 1 N–H and O–H groups in total. The van der Waals surface area contributed by atoms with Crippen LogP contribution in [0.4, 0.5) is 5.82 Å². The third-order valence-corrected chi connectivity index (χ3v) is 7.81. The highest BCUT2D eigenvalue weighted by molar-refractivity contribution is 14.1. The van der Waals surface area contributed by atoms with E-state index in [1.54, 1.807) is 23.0 Å². The number of nitriles is 1. The highest BCUT2D eigenvalue weighted by atomic mass is 127. The molecule has 4 atom stereocenters. The molecule has 2 aromatic heterocycles. The average molecular weight is 604 g/mol. The topological polar surface area (TPSA) is 116 Å². The second-order valence-electron chi connectivity index (χ2n) is 8.34. The summed E-state index contributed by atoms with van der Waals surface area (Å²) in [5, 5.41) is 13.0. The van der Waals surface area contributed by atoms with Gasteiger partial charge >= 0.3 is 0 Å². The van der Waals surface area contributed by atoms with Gasteiger partial charge < -0.3 is 23.6 Å². The molecule has 0 amide bonds. The Balaban J connectivity index is 1.85. The predicted octanol–water partition coefficient (Wildman–Crippen LogP) is 3.64. The largest absolute Gasteiger partial charge is 0.419 e. The Morgan fingerprint density at radius 2 is 2.15 bits per heavy atom. The van der Waals surface area contributed by atoms with E-state index in [1.807, 2.05) is 24.8 Å². The van der Waals surface area contributed by atoms with Gasteiger partial charge in [-0.15, -0.1) is 0 Å². The molecule has 0 saturated carbocycles. The lowest BCUT2D eigenvalue weighted by Gasteiger charge is -2.37. The van der Waals surface area contributed by atoms with Crippen molar-refractivity contribution in [2.45, 2.75) is 71.1 Å². The van der Waals surface area contributed by atoms with Crippen molar-refractivity contribution in [1.29, 1.82) is 5.26 Å². The van der Waals surface area contributed by atoms with E-state index in [2.05, 4.69) is 53.6 Å². The Kier molecular flexibility index (Phi) is 10.7. The number of nitrogens with one attached hydrogen (secondary N) is 1. The van der Waals surface area contributed by atoms with Gasteiger partial charge in [-0.05, 0) is 33.8 Å². The molecular weight excluding hydrogens is 573 g/mol. The SMILES string of the molecule is BNc1ncnc2c1ccn2[C@H]1C[C@@H](OP(OCCC#N)N(C(C)C)C(C)C)C(COOI)O1. The minimum absolute atomic E-state index is 0.198. The number of fused-ring (bicyclic) bond motifs is 1. The molecule has 11 nitrogen and oxygen atoms in total. The molecular formula is C20H31BIN6O5P. The van der Waals surface area contributed by atoms with Gasteiger partial charge in [0, 0.05) is 24.7 Å². The normalized spacial score (nSPS) is 21.6. The molecule has 2 unspecified atom stereocenters. The van der Waals surface area contributed by atoms with Crippen molar-refractivity contribution >= 4 is 56.4 Å². The highest BCUT2D eigenvalue weighted by Gasteiger charge is 2.42. The third kappa shape index (κ3) is 6.56. The van der Waals surface area contributed by atoms with E-state index in [9.17, 15) is 0 Å². The molecule has 0 bridgehead atoms. The lowest BCUT2D eigenvalue weighted by atomic mass is 10.2. The number of halogens is 1. The summed E-state index contributed by atoms with van der Waals surface area (Å²) >= 11 is 1.68. The van der Waals surface area contributed by atoms with Gasteiger partial charge in [0.15, 0.2) is 23.0 Å². The summed E-state index contributed by atoms with van der Waals surface area (Å²) in [7, 11) is 0.403. The summed E-state index contributed by atoms with van der Waals surface area (Å²) in [6, 6.07) is 4.49. The van der Waals surface area contributed by atoms with Crippen molar-refractivity contribution in [2.24, 2.45) is 0 Å². The number of anilines is 1. The molecule has 0 spiro atoms. The van der Waals surface area contributed by atoms with Crippen molar-refractivity contribution in [3.8, 4) is 6.07 Å². The number of hydrogen-bond donors (Lipinski definition) is 1. The van der Waals surface area contributed by atoms with E-state index < -0.39 is 8.53 Å². The maximum absolute atomic E-state index is 8.98. The molecule has 34 heavy (non-hydrogen) atoms. The number of rotatable bonds is 13. The van der Waals surface area contributed by atoms with Gasteiger partial charge in [0.05, 0.1) is 30.6 Å². The summed E-state index contributed by atoms with van der Waals surface area (Å²) in [6.07, 6.45) is 3.34. The van der Waals surface area contributed by atoms with E-state index >= 15 is 0 Å². The van der Waals surface area contributed by atoms with Gasteiger partial charge in [-0.2, -0.15) is 8.48 Å². The zero-order valence-corrected chi connectivity index (χ0v) is 23.1. The van der Waals surface area contributed by atoms with Gasteiger partial charge in [0.1, 0.15) is 36.7 Å². The first kappa shape index (κ1) is 27.5. The van der Waals surface area contributed by atoms with Crippen LogP contribution < -0.4 is 5.23 Å². The van der Waals surface area contributed by atoms with Crippen LogP contribution in [-0.4, -0.2) is 64.7 Å². The molecule has 1 fully saturated rings. The minimum Gasteiger partial charge on any atom is -0.419 e. The molecule has 1 saturated heterocycles. The Labute approximate surface area is 216 Å². The zero-order valence-electron chi connectivity index (χ0n) is 20.0. The van der Waals surface area contributed by atoms with Crippen LogP contribution in [0.25, 0.3) is 11.0 Å². The Hall–Kier alpha value is -1.11. The van der Waals surface area contributed by atoms with Gasteiger partial charge in [-0.25, -0.2) is 19.5 Å². The second-order valence-corrected chi connectivity index (χ2v) is 10.1. The zero-order chi connectivity index (χ0) is 24.7. The fourth-order valence-electron chi connectivity index (χ4n) is 4.04. The second kappa shape index (κ2) is 13.3. The number of nitrogens with zero attached hydrogens (tertiary/aromatic N) is 5. The fourth-order valence-corrected chi connectivity index (χ4v) is 5.94. The van der Waals surface area contributed by atoms with Gasteiger partial charge in [-0.1, -0.05) is 0 Å². The van der Waals surface area contributed by atoms with Crippen LogP contribution in [0.15, 0.2) is 18.6 Å². The van der Waals surface area contributed by atoms with Crippen molar-refractivity contribution in [3.05, 3.63) is 18.6 Å². The van der Waals surface area contributed by atoms with E-state index in [-0.39, 0.29) is 37.1 Å². The molecule has 3 rings (SSSR count). The van der Waals surface area contributed by atoms with Crippen LogP contribution >= 0.6 is 31.5 Å². The van der Waals surface area contributed by atoms with Crippen LogP contribution in [0.3, 0.4) is 0 Å². The molecule has 0 radical (unpaired) electrons. The molecule has 1 aliphatic rings. The molecule has 3 heterocycles. The van der Waals surface area contributed by atoms with E-state index in [4.69, 9.17) is 27.2 Å². The van der Waals surface area contributed by atoms with Crippen LogP contribution in [0.2, 0.25) is 0 Å². The van der Waals surface area contributed by atoms with E-state index in [1.165, 1.54) is 6.33 Å². The molecule has 186 valence electrons. The highest BCUT2D eigenvalue weighted by Crippen LogP contribution is 2.50. The first-order chi connectivity index (χ1) is 16.4.